The van der Waals surface area contributed by atoms with E-state index >= 15 is 0 Å². The minimum Gasteiger partial charge on any atom is -0.481 e. The Bertz CT molecular complexity index is 260. The highest BCUT2D eigenvalue weighted by molar-refractivity contribution is 5.71. The van der Waals surface area contributed by atoms with E-state index in [9.17, 15) is 9.90 Å². The van der Waals surface area contributed by atoms with Gasteiger partial charge in [0, 0.05) is 13.0 Å². The zero-order valence-corrected chi connectivity index (χ0v) is 11.0. The maximum Gasteiger partial charge on any atom is 0.307 e. The molecular formula is C13H24O3. The molecule has 0 radical (unpaired) electrons. The lowest BCUT2D eigenvalue weighted by molar-refractivity contribution is -0.150. The van der Waals surface area contributed by atoms with Gasteiger partial charge in [-0.25, -0.2) is 0 Å². The summed E-state index contributed by atoms with van der Waals surface area (Å²) in [6.45, 7) is 8.20. The average Bonchev–Trinajstić information content (AvgIpc) is 2.55. The third-order valence-electron chi connectivity index (χ3n) is 4.32. The van der Waals surface area contributed by atoms with Crippen LogP contribution in [0.2, 0.25) is 0 Å². The predicted octanol–water partition coefficient (Wildman–Crippen LogP) is 2.79. The Labute approximate surface area is 98.2 Å². The van der Waals surface area contributed by atoms with Crippen molar-refractivity contribution in [3.63, 3.8) is 0 Å². The van der Waals surface area contributed by atoms with Gasteiger partial charge in [-0.05, 0) is 32.1 Å². The third kappa shape index (κ3) is 2.24. The summed E-state index contributed by atoms with van der Waals surface area (Å²) < 4.78 is 5.52. The Balaban J connectivity index is 3.02. The Hall–Kier alpha value is -0.570. The molecule has 94 valence electrons. The molecule has 1 saturated carbocycles. The van der Waals surface area contributed by atoms with Crippen LogP contribution in [-0.4, -0.2) is 23.8 Å². The van der Waals surface area contributed by atoms with Crippen LogP contribution in [0, 0.1) is 23.7 Å². The van der Waals surface area contributed by atoms with Gasteiger partial charge in [-0.2, -0.15) is 0 Å². The second-order valence-electron chi connectivity index (χ2n) is 5.58. The van der Waals surface area contributed by atoms with E-state index < -0.39 is 5.97 Å². The van der Waals surface area contributed by atoms with E-state index in [1.54, 1.807) is 7.11 Å². The van der Waals surface area contributed by atoms with Gasteiger partial charge in [0.25, 0.3) is 0 Å². The van der Waals surface area contributed by atoms with Crippen LogP contribution in [0.15, 0.2) is 0 Å². The standard InChI is InChI=1S/C13H24O3/c1-6-9-7-8(2)10(12(14)15)11(9)13(3,4)16-5/h8-11H,6-7H2,1-5H3,(H,14,15). The van der Waals surface area contributed by atoms with Crippen molar-refractivity contribution in [2.45, 2.75) is 46.1 Å². The summed E-state index contributed by atoms with van der Waals surface area (Å²) in [5, 5.41) is 9.37. The molecule has 3 heteroatoms. The van der Waals surface area contributed by atoms with E-state index in [1.807, 2.05) is 20.8 Å². The van der Waals surface area contributed by atoms with Crippen LogP contribution in [0.5, 0.6) is 0 Å². The van der Waals surface area contributed by atoms with Gasteiger partial charge in [0.1, 0.15) is 0 Å². The van der Waals surface area contributed by atoms with E-state index in [4.69, 9.17) is 4.74 Å². The normalized spacial score (nSPS) is 35.3. The first kappa shape index (κ1) is 13.5. The molecule has 0 amide bonds. The van der Waals surface area contributed by atoms with Gasteiger partial charge in [0.2, 0.25) is 0 Å². The third-order valence-corrected chi connectivity index (χ3v) is 4.32. The molecule has 4 unspecified atom stereocenters. The van der Waals surface area contributed by atoms with Crippen molar-refractivity contribution < 1.29 is 14.6 Å². The highest BCUT2D eigenvalue weighted by Crippen LogP contribution is 2.49. The van der Waals surface area contributed by atoms with Gasteiger partial charge in [-0.15, -0.1) is 0 Å². The van der Waals surface area contributed by atoms with E-state index in [-0.39, 0.29) is 23.4 Å². The fraction of sp³-hybridized carbons (Fsp3) is 0.923. The Morgan fingerprint density at radius 2 is 2.06 bits per heavy atom. The highest BCUT2D eigenvalue weighted by atomic mass is 16.5. The number of carbonyl (C=O) groups is 1. The monoisotopic (exact) mass is 228 g/mol. The molecule has 0 spiro atoms. The van der Waals surface area contributed by atoms with E-state index in [0.717, 1.165) is 12.8 Å². The molecule has 0 aliphatic heterocycles. The van der Waals surface area contributed by atoms with Gasteiger partial charge in [0.05, 0.1) is 11.5 Å². The number of rotatable bonds is 4. The number of hydrogen-bond donors (Lipinski definition) is 1. The Kier molecular flexibility index (Phi) is 4.00. The second-order valence-corrected chi connectivity index (χ2v) is 5.58. The lowest BCUT2D eigenvalue weighted by Crippen LogP contribution is -2.42. The first-order chi connectivity index (χ1) is 7.35. The minimum atomic E-state index is -0.668. The van der Waals surface area contributed by atoms with Gasteiger partial charge in [-0.1, -0.05) is 20.3 Å². The van der Waals surface area contributed by atoms with Crippen LogP contribution in [0.4, 0.5) is 0 Å². The van der Waals surface area contributed by atoms with Crippen LogP contribution in [0.1, 0.15) is 40.5 Å². The maximum atomic E-state index is 11.4. The molecule has 16 heavy (non-hydrogen) atoms. The van der Waals surface area contributed by atoms with Gasteiger partial charge >= 0.3 is 5.97 Å². The fourth-order valence-corrected chi connectivity index (χ4v) is 3.37. The minimum absolute atomic E-state index is 0.120. The number of carboxylic acid groups (broad SMARTS) is 1. The second kappa shape index (κ2) is 4.74. The first-order valence-corrected chi connectivity index (χ1v) is 6.13. The zero-order valence-electron chi connectivity index (χ0n) is 11.0. The molecule has 1 fully saturated rings. The molecule has 4 atom stereocenters. The number of ether oxygens (including phenoxy) is 1. The highest BCUT2D eigenvalue weighted by Gasteiger charge is 2.51. The van der Waals surface area contributed by atoms with Crippen molar-refractivity contribution in [2.24, 2.45) is 23.7 Å². The molecule has 1 rings (SSSR count). The molecule has 0 heterocycles. The van der Waals surface area contributed by atoms with Crippen LogP contribution >= 0.6 is 0 Å². The zero-order chi connectivity index (χ0) is 12.5. The molecule has 0 bridgehead atoms. The van der Waals surface area contributed by atoms with Crippen molar-refractivity contribution in [1.82, 2.24) is 0 Å². The smallest absolute Gasteiger partial charge is 0.307 e. The molecule has 0 aromatic carbocycles. The molecule has 3 nitrogen and oxygen atoms in total. The Morgan fingerprint density at radius 1 is 1.50 bits per heavy atom. The SMILES string of the molecule is CCC1CC(C)C(C(=O)O)C1C(C)(C)OC. The largest absolute Gasteiger partial charge is 0.481 e. The molecule has 1 aliphatic carbocycles. The predicted molar refractivity (Wildman–Crippen MR) is 63.3 cm³/mol. The van der Waals surface area contributed by atoms with E-state index in [1.165, 1.54) is 0 Å². The molecule has 0 saturated heterocycles. The quantitative estimate of drug-likeness (QED) is 0.804. The van der Waals surface area contributed by atoms with Gasteiger partial charge < -0.3 is 9.84 Å². The summed E-state index contributed by atoms with van der Waals surface area (Å²) in [6.07, 6.45) is 2.04. The van der Waals surface area contributed by atoms with Crippen molar-refractivity contribution in [3.8, 4) is 0 Å². The molecule has 1 N–H and O–H groups in total. The van der Waals surface area contributed by atoms with Gasteiger partial charge in [0.15, 0.2) is 0 Å². The van der Waals surface area contributed by atoms with Crippen molar-refractivity contribution in [3.05, 3.63) is 0 Å². The summed E-state index contributed by atoms with van der Waals surface area (Å²) in [5.74, 6) is -0.0959. The molecular weight excluding hydrogens is 204 g/mol. The van der Waals surface area contributed by atoms with Crippen LogP contribution in [0.3, 0.4) is 0 Å². The summed E-state index contributed by atoms with van der Waals surface area (Å²) in [5.41, 5.74) is -0.353. The van der Waals surface area contributed by atoms with E-state index in [2.05, 4.69) is 6.92 Å². The summed E-state index contributed by atoms with van der Waals surface area (Å²) in [4.78, 5) is 11.4. The van der Waals surface area contributed by atoms with Crippen LogP contribution in [0.25, 0.3) is 0 Å². The lowest BCUT2D eigenvalue weighted by Gasteiger charge is -2.37. The fourth-order valence-electron chi connectivity index (χ4n) is 3.37. The topological polar surface area (TPSA) is 46.5 Å². The average molecular weight is 228 g/mol. The first-order valence-electron chi connectivity index (χ1n) is 6.13. The Morgan fingerprint density at radius 3 is 2.44 bits per heavy atom. The van der Waals surface area contributed by atoms with Crippen LogP contribution in [-0.2, 0) is 9.53 Å². The molecule has 0 aromatic rings. The lowest BCUT2D eigenvalue weighted by atomic mass is 9.75. The van der Waals surface area contributed by atoms with E-state index in [0.29, 0.717) is 5.92 Å². The number of methoxy groups -OCH3 is 1. The van der Waals surface area contributed by atoms with Crippen LogP contribution < -0.4 is 0 Å². The van der Waals surface area contributed by atoms with Gasteiger partial charge in [-0.3, -0.25) is 4.79 Å². The number of carboxylic acids is 1. The number of aliphatic carboxylic acids is 1. The number of hydrogen-bond acceptors (Lipinski definition) is 2. The van der Waals surface area contributed by atoms with Crippen molar-refractivity contribution in [1.29, 1.82) is 0 Å². The summed E-state index contributed by atoms with van der Waals surface area (Å²) in [7, 11) is 1.68. The van der Waals surface area contributed by atoms with Crippen molar-refractivity contribution >= 4 is 5.97 Å². The summed E-state index contributed by atoms with van der Waals surface area (Å²) >= 11 is 0. The van der Waals surface area contributed by atoms with Crippen molar-refractivity contribution in [2.75, 3.05) is 7.11 Å². The molecule has 0 aromatic heterocycles. The summed E-state index contributed by atoms with van der Waals surface area (Å²) in [6, 6.07) is 0. The molecule has 1 aliphatic rings. The maximum absolute atomic E-state index is 11.4.